The topological polar surface area (TPSA) is 55.8 Å². The van der Waals surface area contributed by atoms with Crippen LogP contribution in [0.4, 0.5) is 0 Å². The van der Waals surface area contributed by atoms with Crippen LogP contribution in [0.25, 0.3) is 0 Å². The van der Waals surface area contributed by atoms with Gasteiger partial charge in [0.2, 0.25) is 5.91 Å². The van der Waals surface area contributed by atoms with Crippen LogP contribution in [-0.4, -0.2) is 71.7 Å². The Kier molecular flexibility index (Phi) is 4.58. The van der Waals surface area contributed by atoms with Gasteiger partial charge in [-0.3, -0.25) is 9.69 Å². The molecule has 114 valence electrons. The molecule has 3 aliphatic rings. The van der Waals surface area contributed by atoms with E-state index < -0.39 is 0 Å². The van der Waals surface area contributed by atoms with Gasteiger partial charge in [0.25, 0.3) is 0 Å². The largest absolute Gasteiger partial charge is 0.391 e. The van der Waals surface area contributed by atoms with Crippen molar-refractivity contribution in [3.63, 3.8) is 0 Å². The van der Waals surface area contributed by atoms with Crippen LogP contribution in [0.15, 0.2) is 0 Å². The third-order valence-corrected chi connectivity index (χ3v) is 5.13. The summed E-state index contributed by atoms with van der Waals surface area (Å²) in [5, 5.41) is 13.6. The number of carbonyl (C=O) groups is 1. The smallest absolute Gasteiger partial charge is 0.240 e. The summed E-state index contributed by atoms with van der Waals surface area (Å²) in [7, 11) is 0. The Morgan fingerprint density at radius 2 is 1.75 bits per heavy atom. The molecule has 20 heavy (non-hydrogen) atoms. The second-order valence-corrected chi connectivity index (χ2v) is 6.39. The third-order valence-electron chi connectivity index (χ3n) is 5.13. The summed E-state index contributed by atoms with van der Waals surface area (Å²) in [5.74, 6) is 0.293. The Bertz CT molecular complexity index is 344. The minimum Gasteiger partial charge on any atom is -0.391 e. The first kappa shape index (κ1) is 14.3. The quantitative estimate of drug-likeness (QED) is 0.758. The molecule has 3 atom stereocenters. The number of nitrogens with zero attached hydrogens (tertiary/aromatic N) is 2. The molecule has 0 spiro atoms. The van der Waals surface area contributed by atoms with Gasteiger partial charge in [0.1, 0.15) is 0 Å². The lowest BCUT2D eigenvalue weighted by atomic mass is 9.91. The number of aliphatic hydroxyl groups excluding tert-OH is 1. The van der Waals surface area contributed by atoms with Gasteiger partial charge in [0, 0.05) is 32.2 Å². The first-order valence-electron chi connectivity index (χ1n) is 8.20. The number of nitrogens with one attached hydrogen (secondary N) is 1. The second kappa shape index (κ2) is 6.41. The van der Waals surface area contributed by atoms with Crippen LogP contribution in [0.2, 0.25) is 0 Å². The van der Waals surface area contributed by atoms with Crippen molar-refractivity contribution in [2.75, 3.05) is 32.7 Å². The van der Waals surface area contributed by atoms with Gasteiger partial charge in [0.15, 0.2) is 0 Å². The molecule has 1 amide bonds. The van der Waals surface area contributed by atoms with E-state index in [0.29, 0.717) is 5.91 Å². The number of likely N-dealkylation sites (tertiary alicyclic amines) is 1. The van der Waals surface area contributed by atoms with Crippen molar-refractivity contribution >= 4 is 5.91 Å². The fourth-order valence-electron chi connectivity index (χ4n) is 4.03. The molecule has 3 unspecified atom stereocenters. The zero-order valence-corrected chi connectivity index (χ0v) is 12.3. The highest BCUT2D eigenvalue weighted by Crippen LogP contribution is 2.30. The van der Waals surface area contributed by atoms with Crippen molar-refractivity contribution in [3.8, 4) is 0 Å². The Labute approximate surface area is 121 Å². The number of aliphatic hydroxyl groups is 1. The molecule has 1 saturated carbocycles. The average Bonchev–Trinajstić information content (AvgIpc) is 2.97. The van der Waals surface area contributed by atoms with E-state index in [1.807, 2.05) is 4.90 Å². The molecule has 0 aromatic carbocycles. The third kappa shape index (κ3) is 2.85. The van der Waals surface area contributed by atoms with E-state index >= 15 is 0 Å². The van der Waals surface area contributed by atoms with Gasteiger partial charge in [-0.25, -0.2) is 0 Å². The lowest BCUT2D eigenvalue weighted by molar-refractivity contribution is -0.138. The molecular formula is C15H27N3O2. The highest BCUT2D eigenvalue weighted by Gasteiger charge is 2.40. The second-order valence-electron chi connectivity index (χ2n) is 6.39. The maximum Gasteiger partial charge on any atom is 0.240 e. The molecule has 5 heteroatoms. The molecule has 2 saturated heterocycles. The minimum atomic E-state index is -0.236. The predicted octanol–water partition coefficient (Wildman–Crippen LogP) is 0.186. The molecule has 5 nitrogen and oxygen atoms in total. The minimum absolute atomic E-state index is 0.0193. The van der Waals surface area contributed by atoms with Gasteiger partial charge < -0.3 is 15.3 Å². The van der Waals surface area contributed by atoms with Gasteiger partial charge in [-0.15, -0.1) is 0 Å². The molecule has 3 rings (SSSR count). The fraction of sp³-hybridized carbons (Fsp3) is 0.933. The van der Waals surface area contributed by atoms with Gasteiger partial charge >= 0.3 is 0 Å². The number of hydrogen-bond donors (Lipinski definition) is 2. The van der Waals surface area contributed by atoms with Crippen LogP contribution < -0.4 is 5.32 Å². The van der Waals surface area contributed by atoms with Crippen molar-refractivity contribution < 1.29 is 9.90 Å². The summed E-state index contributed by atoms with van der Waals surface area (Å²) in [6.07, 6.45) is 6.08. The van der Waals surface area contributed by atoms with Gasteiger partial charge in [0.05, 0.1) is 12.1 Å². The lowest BCUT2D eigenvalue weighted by Crippen LogP contribution is -2.56. The van der Waals surface area contributed by atoms with E-state index in [0.717, 1.165) is 64.8 Å². The molecule has 2 N–H and O–H groups in total. The van der Waals surface area contributed by atoms with E-state index in [9.17, 15) is 9.90 Å². The van der Waals surface area contributed by atoms with Gasteiger partial charge in [-0.05, 0) is 32.2 Å². The monoisotopic (exact) mass is 281 g/mol. The highest BCUT2D eigenvalue weighted by molar-refractivity contribution is 5.82. The summed E-state index contributed by atoms with van der Waals surface area (Å²) < 4.78 is 0. The van der Waals surface area contributed by atoms with Crippen LogP contribution in [-0.2, 0) is 4.79 Å². The van der Waals surface area contributed by atoms with Crippen LogP contribution in [0.5, 0.6) is 0 Å². The first-order valence-corrected chi connectivity index (χ1v) is 8.20. The maximum atomic E-state index is 12.7. The van der Waals surface area contributed by atoms with Crippen molar-refractivity contribution in [3.05, 3.63) is 0 Å². The zero-order chi connectivity index (χ0) is 13.9. The molecule has 1 aliphatic carbocycles. The van der Waals surface area contributed by atoms with Crippen molar-refractivity contribution in [2.45, 2.75) is 56.7 Å². The molecule has 0 radical (unpaired) electrons. The summed E-state index contributed by atoms with van der Waals surface area (Å²) in [4.78, 5) is 17.1. The number of rotatable bonds is 2. The Balaban J connectivity index is 1.66. The summed E-state index contributed by atoms with van der Waals surface area (Å²) >= 11 is 0. The standard InChI is InChI=1S/C15H27N3O2/c19-14-6-2-1-4-12(14)18-9-3-5-13(18)15(20)17-10-7-16-8-11-17/h12-14,16,19H,1-11H2. The molecule has 2 heterocycles. The Morgan fingerprint density at radius 1 is 1.00 bits per heavy atom. The lowest BCUT2D eigenvalue weighted by Gasteiger charge is -2.40. The molecular weight excluding hydrogens is 254 g/mol. The summed E-state index contributed by atoms with van der Waals surface area (Å²) in [6.45, 7) is 4.45. The average molecular weight is 281 g/mol. The van der Waals surface area contributed by atoms with Crippen LogP contribution in [0, 0.1) is 0 Å². The van der Waals surface area contributed by atoms with E-state index in [-0.39, 0.29) is 18.2 Å². The van der Waals surface area contributed by atoms with E-state index in [1.165, 1.54) is 6.42 Å². The number of carbonyl (C=O) groups excluding carboxylic acids is 1. The molecule has 3 fully saturated rings. The fourth-order valence-corrected chi connectivity index (χ4v) is 4.03. The van der Waals surface area contributed by atoms with E-state index in [2.05, 4.69) is 10.2 Å². The number of amides is 1. The normalized spacial score (nSPS) is 36.2. The summed E-state index contributed by atoms with van der Waals surface area (Å²) in [6, 6.07) is 0.231. The Hall–Kier alpha value is -0.650. The Morgan fingerprint density at radius 3 is 2.50 bits per heavy atom. The summed E-state index contributed by atoms with van der Waals surface area (Å²) in [5.41, 5.74) is 0. The first-order chi connectivity index (χ1) is 9.77. The van der Waals surface area contributed by atoms with Crippen molar-refractivity contribution in [2.24, 2.45) is 0 Å². The maximum absolute atomic E-state index is 12.7. The molecule has 0 aromatic rings. The molecule has 0 bridgehead atoms. The van der Waals surface area contributed by atoms with Crippen molar-refractivity contribution in [1.82, 2.24) is 15.1 Å². The van der Waals surface area contributed by atoms with Crippen LogP contribution in [0.3, 0.4) is 0 Å². The van der Waals surface area contributed by atoms with Gasteiger partial charge in [-0.1, -0.05) is 12.8 Å². The molecule has 2 aliphatic heterocycles. The number of hydrogen-bond acceptors (Lipinski definition) is 4. The van der Waals surface area contributed by atoms with E-state index in [4.69, 9.17) is 0 Å². The van der Waals surface area contributed by atoms with Crippen molar-refractivity contribution in [1.29, 1.82) is 0 Å². The van der Waals surface area contributed by atoms with Gasteiger partial charge in [-0.2, -0.15) is 0 Å². The number of piperazine rings is 1. The zero-order valence-electron chi connectivity index (χ0n) is 12.3. The van der Waals surface area contributed by atoms with Crippen LogP contribution >= 0.6 is 0 Å². The van der Waals surface area contributed by atoms with E-state index in [1.54, 1.807) is 0 Å². The molecule has 0 aromatic heterocycles. The van der Waals surface area contributed by atoms with Crippen LogP contribution in [0.1, 0.15) is 38.5 Å². The predicted molar refractivity (Wildman–Crippen MR) is 77.4 cm³/mol. The SMILES string of the molecule is O=C(C1CCCN1C1CCCCC1O)N1CCNCC1. The highest BCUT2D eigenvalue weighted by atomic mass is 16.3.